The second-order valence-electron chi connectivity index (χ2n) is 4.88. The summed E-state index contributed by atoms with van der Waals surface area (Å²) in [7, 11) is 0. The van der Waals surface area contributed by atoms with E-state index in [0.717, 1.165) is 0 Å². The Morgan fingerprint density at radius 2 is 2.18 bits per heavy atom. The van der Waals surface area contributed by atoms with E-state index in [2.05, 4.69) is 10.2 Å². The number of aliphatic carboxylic acids is 1. The zero-order chi connectivity index (χ0) is 12.8. The van der Waals surface area contributed by atoms with Crippen molar-refractivity contribution in [1.82, 2.24) is 14.8 Å². The van der Waals surface area contributed by atoms with Crippen molar-refractivity contribution in [1.29, 1.82) is 0 Å². The van der Waals surface area contributed by atoms with E-state index in [1.165, 1.54) is 24.7 Å². The standard InChI is InChI=1S/C10H13F2N3O2/c1-9(2,8(16)17)15-5-13-14-7(15)6-3-10(11,12)4-6/h5-6H,3-4H2,1-2H3,(H,16,17). The monoisotopic (exact) mass is 245 g/mol. The normalized spacial score (nSPS) is 20.0. The van der Waals surface area contributed by atoms with Crippen LogP contribution in [-0.2, 0) is 10.3 Å². The molecule has 0 saturated heterocycles. The second-order valence-corrected chi connectivity index (χ2v) is 4.88. The first-order valence-corrected chi connectivity index (χ1v) is 5.26. The highest BCUT2D eigenvalue weighted by Gasteiger charge is 2.49. The lowest BCUT2D eigenvalue weighted by atomic mass is 9.80. The zero-order valence-electron chi connectivity index (χ0n) is 9.52. The van der Waals surface area contributed by atoms with Crippen LogP contribution in [0.15, 0.2) is 6.33 Å². The molecule has 94 valence electrons. The van der Waals surface area contributed by atoms with Crippen molar-refractivity contribution in [3.63, 3.8) is 0 Å². The number of hydrogen-bond acceptors (Lipinski definition) is 3. The molecule has 1 N–H and O–H groups in total. The number of alkyl halides is 2. The van der Waals surface area contributed by atoms with E-state index in [9.17, 15) is 13.6 Å². The van der Waals surface area contributed by atoms with Gasteiger partial charge in [-0.15, -0.1) is 10.2 Å². The van der Waals surface area contributed by atoms with Crippen LogP contribution in [0.1, 0.15) is 38.4 Å². The Morgan fingerprint density at radius 1 is 1.59 bits per heavy atom. The Bertz CT molecular complexity index is 448. The van der Waals surface area contributed by atoms with E-state index in [-0.39, 0.29) is 12.8 Å². The van der Waals surface area contributed by atoms with Gasteiger partial charge >= 0.3 is 5.97 Å². The summed E-state index contributed by atoms with van der Waals surface area (Å²) in [6.45, 7) is 2.97. The number of carbonyl (C=O) groups is 1. The minimum absolute atomic E-state index is 0.290. The Morgan fingerprint density at radius 3 is 2.65 bits per heavy atom. The molecule has 17 heavy (non-hydrogen) atoms. The number of hydrogen-bond donors (Lipinski definition) is 1. The number of carboxylic acids is 1. The van der Waals surface area contributed by atoms with E-state index < -0.39 is 23.3 Å². The lowest BCUT2D eigenvalue weighted by Gasteiger charge is -2.35. The van der Waals surface area contributed by atoms with Crippen LogP contribution in [0, 0.1) is 0 Å². The van der Waals surface area contributed by atoms with Gasteiger partial charge in [-0.1, -0.05) is 0 Å². The van der Waals surface area contributed by atoms with Gasteiger partial charge in [0, 0.05) is 18.8 Å². The maximum Gasteiger partial charge on any atom is 0.329 e. The molecule has 1 heterocycles. The Labute approximate surface area is 96.5 Å². The van der Waals surface area contributed by atoms with Crippen molar-refractivity contribution >= 4 is 5.97 Å². The summed E-state index contributed by atoms with van der Waals surface area (Å²) in [4.78, 5) is 11.1. The maximum absolute atomic E-state index is 12.8. The molecule has 0 unspecified atom stereocenters. The third-order valence-electron chi connectivity index (χ3n) is 3.15. The van der Waals surface area contributed by atoms with Gasteiger partial charge in [-0.05, 0) is 13.8 Å². The summed E-state index contributed by atoms with van der Waals surface area (Å²) in [5, 5.41) is 16.5. The third-order valence-corrected chi connectivity index (χ3v) is 3.15. The number of halogens is 2. The molecule has 1 aromatic heterocycles. The molecule has 1 saturated carbocycles. The molecular formula is C10H13F2N3O2. The smallest absolute Gasteiger partial charge is 0.329 e. The van der Waals surface area contributed by atoms with Crippen molar-refractivity contribution in [2.45, 2.75) is 44.1 Å². The molecule has 0 amide bonds. The molecule has 1 aliphatic carbocycles. The van der Waals surface area contributed by atoms with E-state index in [0.29, 0.717) is 5.82 Å². The molecule has 1 aliphatic rings. The van der Waals surface area contributed by atoms with E-state index in [1.54, 1.807) is 0 Å². The third kappa shape index (κ3) is 1.89. The van der Waals surface area contributed by atoms with Gasteiger partial charge < -0.3 is 9.67 Å². The SMILES string of the molecule is CC(C)(C(=O)O)n1cnnc1C1CC(F)(F)C1. The van der Waals surface area contributed by atoms with Gasteiger partial charge in [0.2, 0.25) is 5.92 Å². The van der Waals surface area contributed by atoms with Crippen molar-refractivity contribution in [2.75, 3.05) is 0 Å². The number of nitrogens with zero attached hydrogens (tertiary/aromatic N) is 3. The number of rotatable bonds is 3. The highest BCUT2D eigenvalue weighted by molar-refractivity contribution is 5.75. The first-order chi connectivity index (χ1) is 7.74. The van der Waals surface area contributed by atoms with Gasteiger partial charge in [0.1, 0.15) is 17.7 Å². The van der Waals surface area contributed by atoms with Gasteiger partial charge in [0.05, 0.1) is 0 Å². The molecule has 1 fully saturated rings. The maximum atomic E-state index is 12.8. The number of aromatic nitrogens is 3. The van der Waals surface area contributed by atoms with Crippen LogP contribution in [0.2, 0.25) is 0 Å². The first-order valence-electron chi connectivity index (χ1n) is 5.26. The average Bonchev–Trinajstić information content (AvgIpc) is 2.61. The predicted molar refractivity (Wildman–Crippen MR) is 53.9 cm³/mol. The molecule has 0 radical (unpaired) electrons. The van der Waals surface area contributed by atoms with E-state index in [4.69, 9.17) is 5.11 Å². The zero-order valence-corrected chi connectivity index (χ0v) is 9.52. The van der Waals surface area contributed by atoms with Crippen LogP contribution in [0.5, 0.6) is 0 Å². The summed E-state index contributed by atoms with van der Waals surface area (Å²) >= 11 is 0. The lowest BCUT2D eigenvalue weighted by Crippen LogP contribution is -2.41. The van der Waals surface area contributed by atoms with Crippen LogP contribution in [0.25, 0.3) is 0 Å². The largest absolute Gasteiger partial charge is 0.480 e. The predicted octanol–water partition coefficient (Wildman–Crippen LogP) is 1.61. The van der Waals surface area contributed by atoms with Gasteiger partial charge in [-0.25, -0.2) is 13.6 Å². The minimum atomic E-state index is -2.66. The fraction of sp³-hybridized carbons (Fsp3) is 0.700. The molecule has 0 atom stereocenters. The molecule has 0 spiro atoms. The molecular weight excluding hydrogens is 232 g/mol. The quantitative estimate of drug-likeness (QED) is 0.878. The van der Waals surface area contributed by atoms with Crippen LogP contribution in [0.3, 0.4) is 0 Å². The van der Waals surface area contributed by atoms with Crippen molar-refractivity contribution < 1.29 is 18.7 Å². The average molecular weight is 245 g/mol. The molecule has 1 aromatic rings. The van der Waals surface area contributed by atoms with Crippen molar-refractivity contribution in [3.05, 3.63) is 12.2 Å². The fourth-order valence-electron chi connectivity index (χ4n) is 1.90. The molecule has 0 aromatic carbocycles. The molecule has 2 rings (SSSR count). The molecule has 5 nitrogen and oxygen atoms in total. The highest BCUT2D eigenvalue weighted by atomic mass is 19.3. The topological polar surface area (TPSA) is 68.0 Å². The first kappa shape index (κ1) is 11.9. The minimum Gasteiger partial charge on any atom is -0.480 e. The lowest BCUT2D eigenvalue weighted by molar-refractivity contribution is -0.146. The van der Waals surface area contributed by atoms with Crippen LogP contribution in [0.4, 0.5) is 8.78 Å². The Kier molecular flexibility index (Phi) is 2.44. The summed E-state index contributed by atoms with van der Waals surface area (Å²) in [5.41, 5.74) is -1.23. The molecule has 0 bridgehead atoms. The van der Waals surface area contributed by atoms with Crippen LogP contribution >= 0.6 is 0 Å². The van der Waals surface area contributed by atoms with Gasteiger partial charge in [-0.2, -0.15) is 0 Å². The fourth-order valence-corrected chi connectivity index (χ4v) is 1.90. The van der Waals surface area contributed by atoms with Gasteiger partial charge in [-0.3, -0.25) is 0 Å². The van der Waals surface area contributed by atoms with E-state index in [1.807, 2.05) is 0 Å². The summed E-state index contributed by atoms with van der Waals surface area (Å²) in [5.74, 6) is -3.80. The van der Waals surface area contributed by atoms with Gasteiger partial charge in [0.15, 0.2) is 0 Å². The van der Waals surface area contributed by atoms with Crippen molar-refractivity contribution in [3.8, 4) is 0 Å². The van der Waals surface area contributed by atoms with Gasteiger partial charge in [0.25, 0.3) is 0 Å². The van der Waals surface area contributed by atoms with Crippen LogP contribution < -0.4 is 0 Å². The molecule has 7 heteroatoms. The summed E-state index contributed by atoms with van der Waals surface area (Å²) in [6.07, 6.45) is 0.697. The molecule has 0 aliphatic heterocycles. The van der Waals surface area contributed by atoms with Crippen LogP contribution in [-0.4, -0.2) is 31.8 Å². The number of carboxylic acid groups (broad SMARTS) is 1. The van der Waals surface area contributed by atoms with Crippen molar-refractivity contribution in [2.24, 2.45) is 0 Å². The highest BCUT2D eigenvalue weighted by Crippen LogP contribution is 2.48. The Balaban J connectivity index is 2.27. The summed E-state index contributed by atoms with van der Waals surface area (Å²) in [6, 6.07) is 0. The van der Waals surface area contributed by atoms with E-state index >= 15 is 0 Å². The second kappa shape index (κ2) is 3.48. The summed E-state index contributed by atoms with van der Waals surface area (Å²) < 4.78 is 26.9. The Hall–Kier alpha value is -1.53.